The van der Waals surface area contributed by atoms with Crippen molar-refractivity contribution in [1.29, 1.82) is 0 Å². The van der Waals surface area contributed by atoms with Gasteiger partial charge in [-0.2, -0.15) is 0 Å². The van der Waals surface area contributed by atoms with Gasteiger partial charge in [-0.25, -0.2) is 4.79 Å². The second-order valence-corrected chi connectivity index (χ2v) is 4.37. The van der Waals surface area contributed by atoms with Crippen LogP contribution >= 0.6 is 0 Å². The van der Waals surface area contributed by atoms with Gasteiger partial charge >= 0.3 is 6.09 Å². The van der Waals surface area contributed by atoms with E-state index >= 15 is 0 Å². The Balaban J connectivity index is 1.90. The van der Waals surface area contributed by atoms with Gasteiger partial charge in [0, 0.05) is 17.6 Å². The van der Waals surface area contributed by atoms with Crippen molar-refractivity contribution in [2.45, 2.75) is 13.5 Å². The van der Waals surface area contributed by atoms with Crippen LogP contribution in [0, 0.1) is 6.92 Å². The number of nitrogens with zero attached hydrogens (tertiary/aromatic N) is 1. The van der Waals surface area contributed by atoms with Gasteiger partial charge < -0.3 is 10.1 Å². The molecule has 0 aliphatic heterocycles. The third kappa shape index (κ3) is 3.98. The van der Waals surface area contributed by atoms with Crippen molar-refractivity contribution in [3.63, 3.8) is 0 Å². The third-order valence-electron chi connectivity index (χ3n) is 2.76. The number of methoxy groups -OCH3 is 1. The van der Waals surface area contributed by atoms with Crippen LogP contribution in [0.25, 0.3) is 0 Å². The zero-order valence-corrected chi connectivity index (χ0v) is 11.5. The predicted molar refractivity (Wildman–Crippen MR) is 78.8 cm³/mol. The Morgan fingerprint density at radius 2 is 1.85 bits per heavy atom. The van der Waals surface area contributed by atoms with Gasteiger partial charge in [0.25, 0.3) is 0 Å². The summed E-state index contributed by atoms with van der Waals surface area (Å²) in [4.78, 5) is 15.4. The molecule has 0 saturated carbocycles. The molecule has 2 aromatic rings. The Hall–Kier alpha value is -2.56. The Labute approximate surface area is 118 Å². The normalized spacial score (nSPS) is 9.90. The summed E-state index contributed by atoms with van der Waals surface area (Å²) >= 11 is 0. The maximum absolute atomic E-state index is 11.0. The largest absolute Gasteiger partial charge is 0.453 e. The highest BCUT2D eigenvalue weighted by Crippen LogP contribution is 2.14. The smallest absolute Gasteiger partial charge is 0.411 e. The van der Waals surface area contributed by atoms with Gasteiger partial charge in [-0.1, -0.05) is 6.07 Å². The predicted octanol–water partition coefficient (Wildman–Crippen LogP) is 3.18. The zero-order chi connectivity index (χ0) is 14.4. The van der Waals surface area contributed by atoms with E-state index in [0.717, 1.165) is 16.9 Å². The summed E-state index contributed by atoms with van der Waals surface area (Å²) in [7, 11) is 1.33. The van der Waals surface area contributed by atoms with Gasteiger partial charge in [0.15, 0.2) is 0 Å². The lowest BCUT2D eigenvalue weighted by Crippen LogP contribution is -2.10. The van der Waals surface area contributed by atoms with Crippen LogP contribution in [0.15, 0.2) is 42.6 Å². The number of carbonyl (C=O) groups excluding carboxylic acids is 1. The van der Waals surface area contributed by atoms with Crippen molar-refractivity contribution in [3.8, 4) is 0 Å². The minimum atomic E-state index is -0.477. The molecule has 0 spiro atoms. The second-order valence-electron chi connectivity index (χ2n) is 4.37. The summed E-state index contributed by atoms with van der Waals surface area (Å²) < 4.78 is 4.53. The minimum absolute atomic E-state index is 0.477. The van der Waals surface area contributed by atoms with Gasteiger partial charge in [-0.05, 0) is 42.8 Å². The summed E-state index contributed by atoms with van der Waals surface area (Å²) in [5, 5.41) is 5.87. The molecular formula is C15H17N3O2. The number of hydrogen-bond acceptors (Lipinski definition) is 4. The van der Waals surface area contributed by atoms with Gasteiger partial charge in [0.05, 0.1) is 19.3 Å². The number of ether oxygens (including phenoxy) is 1. The maximum atomic E-state index is 11.0. The summed E-state index contributed by atoms with van der Waals surface area (Å²) in [6.07, 6.45) is 1.37. The number of aromatic nitrogens is 1. The van der Waals surface area contributed by atoms with Crippen LogP contribution in [-0.2, 0) is 11.3 Å². The molecule has 2 rings (SSSR count). The Morgan fingerprint density at radius 3 is 2.45 bits per heavy atom. The first-order chi connectivity index (χ1) is 9.67. The monoisotopic (exact) mass is 271 g/mol. The number of benzene rings is 1. The molecule has 0 atom stereocenters. The lowest BCUT2D eigenvalue weighted by Gasteiger charge is -2.08. The standard InChI is InChI=1S/C15H17N3O2/c1-11-3-4-14(16-9-11)10-17-12-5-7-13(8-6-12)18-15(19)20-2/h3-9,17H,10H2,1-2H3,(H,18,19). The van der Waals surface area contributed by atoms with Gasteiger partial charge in [-0.3, -0.25) is 10.3 Å². The van der Waals surface area contributed by atoms with Crippen LogP contribution in [0.2, 0.25) is 0 Å². The maximum Gasteiger partial charge on any atom is 0.411 e. The fourth-order valence-electron chi connectivity index (χ4n) is 1.64. The topological polar surface area (TPSA) is 63.2 Å². The van der Waals surface area contributed by atoms with Crippen molar-refractivity contribution in [2.75, 3.05) is 17.7 Å². The second kappa shape index (κ2) is 6.56. The molecule has 0 fully saturated rings. The number of nitrogens with one attached hydrogen (secondary N) is 2. The SMILES string of the molecule is COC(=O)Nc1ccc(NCc2ccc(C)cn2)cc1. The molecule has 0 saturated heterocycles. The molecule has 0 aliphatic carbocycles. The highest BCUT2D eigenvalue weighted by atomic mass is 16.5. The number of rotatable bonds is 4. The third-order valence-corrected chi connectivity index (χ3v) is 2.76. The molecule has 0 bridgehead atoms. The van der Waals surface area contributed by atoms with Crippen LogP contribution in [0.4, 0.5) is 16.2 Å². The summed E-state index contributed by atoms with van der Waals surface area (Å²) in [6.45, 7) is 2.67. The van der Waals surface area contributed by atoms with E-state index in [1.165, 1.54) is 7.11 Å². The molecule has 0 aliphatic rings. The number of aryl methyl sites for hydroxylation is 1. The highest BCUT2D eigenvalue weighted by Gasteiger charge is 2.00. The number of amides is 1. The van der Waals surface area contributed by atoms with E-state index in [2.05, 4.69) is 20.4 Å². The lowest BCUT2D eigenvalue weighted by molar-refractivity contribution is 0.187. The van der Waals surface area contributed by atoms with E-state index in [4.69, 9.17) is 0 Å². The van der Waals surface area contributed by atoms with E-state index in [1.807, 2.05) is 49.5 Å². The molecule has 1 amide bonds. The van der Waals surface area contributed by atoms with Gasteiger partial charge in [0.1, 0.15) is 0 Å². The van der Waals surface area contributed by atoms with Crippen LogP contribution in [0.3, 0.4) is 0 Å². The number of anilines is 2. The number of carbonyl (C=O) groups is 1. The Morgan fingerprint density at radius 1 is 1.15 bits per heavy atom. The van der Waals surface area contributed by atoms with Crippen molar-refractivity contribution < 1.29 is 9.53 Å². The number of pyridine rings is 1. The average molecular weight is 271 g/mol. The minimum Gasteiger partial charge on any atom is -0.453 e. The number of hydrogen-bond donors (Lipinski definition) is 2. The first-order valence-corrected chi connectivity index (χ1v) is 6.28. The first-order valence-electron chi connectivity index (χ1n) is 6.28. The molecule has 104 valence electrons. The van der Waals surface area contributed by atoms with E-state index in [9.17, 15) is 4.79 Å². The van der Waals surface area contributed by atoms with Crippen LogP contribution < -0.4 is 10.6 Å². The summed E-state index contributed by atoms with van der Waals surface area (Å²) in [6, 6.07) is 11.4. The van der Waals surface area contributed by atoms with Crippen molar-refractivity contribution in [2.24, 2.45) is 0 Å². The van der Waals surface area contributed by atoms with E-state index in [1.54, 1.807) is 0 Å². The Bertz CT molecular complexity index is 565. The molecular weight excluding hydrogens is 254 g/mol. The summed E-state index contributed by atoms with van der Waals surface area (Å²) in [5.74, 6) is 0. The Kier molecular flexibility index (Phi) is 4.55. The first kappa shape index (κ1) is 13.9. The van der Waals surface area contributed by atoms with Crippen LogP contribution in [-0.4, -0.2) is 18.2 Å². The van der Waals surface area contributed by atoms with E-state index < -0.39 is 6.09 Å². The average Bonchev–Trinajstić information content (AvgIpc) is 2.48. The van der Waals surface area contributed by atoms with Crippen LogP contribution in [0.1, 0.15) is 11.3 Å². The molecule has 5 heteroatoms. The van der Waals surface area contributed by atoms with Gasteiger partial charge in [-0.15, -0.1) is 0 Å². The zero-order valence-electron chi connectivity index (χ0n) is 11.5. The van der Waals surface area contributed by atoms with E-state index in [-0.39, 0.29) is 0 Å². The molecule has 20 heavy (non-hydrogen) atoms. The molecule has 0 radical (unpaired) electrons. The van der Waals surface area contributed by atoms with Crippen molar-refractivity contribution >= 4 is 17.5 Å². The molecule has 1 aromatic carbocycles. The van der Waals surface area contributed by atoms with Crippen molar-refractivity contribution in [1.82, 2.24) is 4.98 Å². The fourth-order valence-corrected chi connectivity index (χ4v) is 1.64. The van der Waals surface area contributed by atoms with Crippen molar-refractivity contribution in [3.05, 3.63) is 53.9 Å². The fraction of sp³-hybridized carbons (Fsp3) is 0.200. The highest BCUT2D eigenvalue weighted by molar-refractivity contribution is 5.84. The molecule has 2 N–H and O–H groups in total. The quantitative estimate of drug-likeness (QED) is 0.896. The van der Waals surface area contributed by atoms with E-state index in [0.29, 0.717) is 12.2 Å². The molecule has 1 heterocycles. The molecule has 1 aromatic heterocycles. The lowest BCUT2D eigenvalue weighted by atomic mass is 10.2. The van der Waals surface area contributed by atoms with Crippen LogP contribution in [0.5, 0.6) is 0 Å². The summed E-state index contributed by atoms with van der Waals surface area (Å²) in [5.41, 5.74) is 3.78. The molecule has 0 unspecified atom stereocenters. The van der Waals surface area contributed by atoms with Gasteiger partial charge in [0.2, 0.25) is 0 Å². The molecule has 5 nitrogen and oxygen atoms in total.